The number of methoxy groups -OCH3 is 1. The minimum absolute atomic E-state index is 0.123. The van der Waals surface area contributed by atoms with Crippen LogP contribution in [0.15, 0.2) is 36.4 Å². The van der Waals surface area contributed by atoms with Crippen LogP contribution in [0.1, 0.15) is 10.4 Å². The summed E-state index contributed by atoms with van der Waals surface area (Å²) in [6.07, 6.45) is 0. The molecule has 2 heterocycles. The number of aromatic nitrogens is 1. The van der Waals surface area contributed by atoms with Crippen LogP contribution in [0.3, 0.4) is 0 Å². The zero-order valence-corrected chi connectivity index (χ0v) is 17.5. The molecule has 0 bridgehead atoms. The van der Waals surface area contributed by atoms with Crippen LogP contribution in [0.25, 0.3) is 10.2 Å². The van der Waals surface area contributed by atoms with Crippen molar-refractivity contribution in [1.29, 1.82) is 0 Å². The van der Waals surface area contributed by atoms with Crippen molar-refractivity contribution in [3.63, 3.8) is 0 Å². The third-order valence-electron chi connectivity index (χ3n) is 4.63. The molecule has 1 aromatic heterocycles. The van der Waals surface area contributed by atoms with Crippen molar-refractivity contribution < 1.29 is 19.0 Å². The average molecular weight is 413 g/mol. The van der Waals surface area contributed by atoms with Crippen LogP contribution in [0.4, 0.5) is 5.13 Å². The summed E-state index contributed by atoms with van der Waals surface area (Å²) in [5.74, 6) is 1.84. The quantitative estimate of drug-likeness (QED) is 0.618. The van der Waals surface area contributed by atoms with Gasteiger partial charge in [0.25, 0.3) is 5.91 Å². The monoisotopic (exact) mass is 413 g/mol. The second-order valence-electron chi connectivity index (χ2n) is 6.92. The van der Waals surface area contributed by atoms with Crippen LogP contribution in [0.2, 0.25) is 0 Å². The zero-order valence-electron chi connectivity index (χ0n) is 16.7. The van der Waals surface area contributed by atoms with Gasteiger partial charge >= 0.3 is 0 Å². The molecule has 0 N–H and O–H groups in total. The summed E-state index contributed by atoms with van der Waals surface area (Å²) in [6.45, 7) is 2.22. The first kappa shape index (κ1) is 19.5. The summed E-state index contributed by atoms with van der Waals surface area (Å²) in [4.78, 5) is 21.9. The van der Waals surface area contributed by atoms with Crippen molar-refractivity contribution in [2.45, 2.75) is 0 Å². The van der Waals surface area contributed by atoms with E-state index in [0.29, 0.717) is 54.2 Å². The highest BCUT2D eigenvalue weighted by molar-refractivity contribution is 7.22. The maximum absolute atomic E-state index is 13.4. The molecule has 152 valence electrons. The zero-order chi connectivity index (χ0) is 20.4. The van der Waals surface area contributed by atoms with Crippen molar-refractivity contribution in [1.82, 2.24) is 9.88 Å². The van der Waals surface area contributed by atoms with Crippen LogP contribution in [0, 0.1) is 0 Å². The Hall–Kier alpha value is -2.84. The lowest BCUT2D eigenvalue weighted by molar-refractivity contribution is 0.0984. The number of carbonyl (C=O) groups excluding carboxylic acids is 1. The van der Waals surface area contributed by atoms with Gasteiger partial charge in [0.2, 0.25) is 0 Å². The number of hydrogen-bond donors (Lipinski definition) is 0. The Morgan fingerprint density at radius 3 is 2.69 bits per heavy atom. The first-order valence-corrected chi connectivity index (χ1v) is 10.2. The summed E-state index contributed by atoms with van der Waals surface area (Å²) in [5.41, 5.74) is 1.30. The van der Waals surface area contributed by atoms with Crippen LogP contribution in [-0.2, 0) is 0 Å². The second kappa shape index (κ2) is 8.26. The largest absolute Gasteiger partial charge is 0.494 e. The average Bonchev–Trinajstić information content (AvgIpc) is 3.17. The van der Waals surface area contributed by atoms with Crippen LogP contribution in [-0.4, -0.2) is 63.3 Å². The fourth-order valence-electron chi connectivity index (χ4n) is 3.11. The van der Waals surface area contributed by atoms with Crippen molar-refractivity contribution in [3.05, 3.63) is 42.0 Å². The van der Waals surface area contributed by atoms with E-state index in [2.05, 4.69) is 0 Å². The molecule has 0 saturated carbocycles. The van der Waals surface area contributed by atoms with Crippen molar-refractivity contribution in [2.75, 3.05) is 52.4 Å². The van der Waals surface area contributed by atoms with Gasteiger partial charge in [-0.05, 0) is 44.4 Å². The molecular formula is C21H23N3O4S. The smallest absolute Gasteiger partial charge is 0.260 e. The molecule has 1 aliphatic rings. The molecule has 2 aromatic carbocycles. The molecule has 1 aliphatic heterocycles. The molecule has 0 radical (unpaired) electrons. The fraction of sp³-hybridized carbons (Fsp3) is 0.333. The number of amides is 1. The van der Waals surface area contributed by atoms with Crippen LogP contribution < -0.4 is 19.1 Å². The Morgan fingerprint density at radius 2 is 1.93 bits per heavy atom. The molecule has 0 spiro atoms. The number of fused-ring (bicyclic) bond motifs is 2. The summed E-state index contributed by atoms with van der Waals surface area (Å²) in [6, 6.07) is 11.1. The molecular weight excluding hydrogens is 390 g/mol. The molecule has 0 fully saturated rings. The van der Waals surface area contributed by atoms with Gasteiger partial charge < -0.3 is 19.1 Å². The normalized spacial score (nSPS) is 13.0. The maximum atomic E-state index is 13.4. The number of nitrogens with zero attached hydrogens (tertiary/aromatic N) is 3. The third-order valence-corrected chi connectivity index (χ3v) is 5.67. The van der Waals surface area contributed by atoms with E-state index in [4.69, 9.17) is 19.2 Å². The van der Waals surface area contributed by atoms with Crippen LogP contribution in [0.5, 0.6) is 17.2 Å². The van der Waals surface area contributed by atoms with E-state index >= 15 is 0 Å². The number of likely N-dealkylation sites (N-methyl/N-ethyl adjacent to an activating group) is 1. The molecule has 0 aliphatic carbocycles. The molecule has 0 unspecified atom stereocenters. The van der Waals surface area contributed by atoms with Gasteiger partial charge in [-0.15, -0.1) is 0 Å². The summed E-state index contributed by atoms with van der Waals surface area (Å²) in [7, 11) is 5.58. The fourth-order valence-corrected chi connectivity index (χ4v) is 4.12. The van der Waals surface area contributed by atoms with E-state index in [-0.39, 0.29) is 5.91 Å². The molecule has 0 saturated heterocycles. The van der Waals surface area contributed by atoms with E-state index < -0.39 is 0 Å². The molecule has 8 heteroatoms. The first-order chi connectivity index (χ1) is 14.1. The molecule has 4 rings (SSSR count). The first-order valence-electron chi connectivity index (χ1n) is 9.36. The van der Waals surface area contributed by atoms with E-state index in [9.17, 15) is 4.79 Å². The minimum atomic E-state index is -0.123. The van der Waals surface area contributed by atoms with Gasteiger partial charge in [-0.2, -0.15) is 0 Å². The van der Waals surface area contributed by atoms with Gasteiger partial charge in [0.1, 0.15) is 24.5 Å². The Morgan fingerprint density at radius 1 is 1.14 bits per heavy atom. The lowest BCUT2D eigenvalue weighted by Crippen LogP contribution is -2.36. The number of carbonyl (C=O) groups is 1. The molecule has 3 aromatic rings. The number of thiazole rings is 1. The van der Waals surface area contributed by atoms with E-state index in [1.54, 1.807) is 30.2 Å². The van der Waals surface area contributed by atoms with E-state index in [1.807, 2.05) is 37.2 Å². The number of hydrogen-bond acceptors (Lipinski definition) is 7. The van der Waals surface area contributed by atoms with Crippen molar-refractivity contribution in [3.8, 4) is 17.2 Å². The van der Waals surface area contributed by atoms with E-state index in [0.717, 1.165) is 10.2 Å². The highest BCUT2D eigenvalue weighted by Crippen LogP contribution is 2.36. The highest BCUT2D eigenvalue weighted by atomic mass is 32.1. The predicted octanol–water partition coefficient (Wildman–Crippen LogP) is 3.28. The lowest BCUT2D eigenvalue weighted by Gasteiger charge is -2.23. The van der Waals surface area contributed by atoms with E-state index in [1.165, 1.54) is 11.3 Å². The second-order valence-corrected chi connectivity index (χ2v) is 7.93. The predicted molar refractivity (Wildman–Crippen MR) is 114 cm³/mol. The van der Waals surface area contributed by atoms with Gasteiger partial charge in [0.15, 0.2) is 16.6 Å². The van der Waals surface area contributed by atoms with Gasteiger partial charge in [0, 0.05) is 18.7 Å². The van der Waals surface area contributed by atoms with Crippen molar-refractivity contribution in [2.24, 2.45) is 0 Å². The van der Waals surface area contributed by atoms with Crippen molar-refractivity contribution >= 4 is 32.6 Å². The molecule has 1 amide bonds. The lowest BCUT2D eigenvalue weighted by atomic mass is 10.1. The number of rotatable bonds is 6. The maximum Gasteiger partial charge on any atom is 0.260 e. The minimum Gasteiger partial charge on any atom is -0.494 e. The van der Waals surface area contributed by atoms with Gasteiger partial charge in [0.05, 0.1) is 11.8 Å². The number of benzene rings is 2. The Bertz CT molecular complexity index is 1030. The topological polar surface area (TPSA) is 64.1 Å². The van der Waals surface area contributed by atoms with Gasteiger partial charge in [-0.3, -0.25) is 9.69 Å². The molecule has 0 atom stereocenters. The van der Waals surface area contributed by atoms with Gasteiger partial charge in [-0.25, -0.2) is 4.98 Å². The SMILES string of the molecule is COc1cccc2sc(N(CCN(C)C)C(=O)c3ccc4c(c3)OCCO4)nc12. The standard InChI is InChI=1S/C21H23N3O4S/c1-23(2)9-10-24(21-22-19-16(26-3)5-4-6-18(19)29-21)20(25)14-7-8-15-17(13-14)28-12-11-27-15/h4-8,13H,9-12H2,1-3H3. The summed E-state index contributed by atoms with van der Waals surface area (Å²) >= 11 is 1.48. The molecule has 7 nitrogen and oxygen atoms in total. The third kappa shape index (κ3) is 3.99. The Balaban J connectivity index is 1.71. The van der Waals surface area contributed by atoms with Crippen LogP contribution >= 0.6 is 11.3 Å². The van der Waals surface area contributed by atoms with Gasteiger partial charge in [-0.1, -0.05) is 17.4 Å². The Kier molecular flexibility index (Phi) is 5.55. The number of ether oxygens (including phenoxy) is 3. The highest BCUT2D eigenvalue weighted by Gasteiger charge is 2.24. The summed E-state index contributed by atoms with van der Waals surface area (Å²) in [5, 5.41) is 0.645. The summed E-state index contributed by atoms with van der Waals surface area (Å²) < 4.78 is 17.6. The number of anilines is 1. The molecule has 29 heavy (non-hydrogen) atoms. The Labute approximate surface area is 173 Å². The number of para-hydroxylation sites is 1.